The highest BCUT2D eigenvalue weighted by molar-refractivity contribution is 5.45. The van der Waals surface area contributed by atoms with E-state index in [2.05, 4.69) is 15.3 Å². The summed E-state index contributed by atoms with van der Waals surface area (Å²) in [5, 5.41) is 2.93. The highest BCUT2D eigenvalue weighted by Gasteiger charge is 2.06. The minimum atomic E-state index is -0.475. The van der Waals surface area contributed by atoms with E-state index in [-0.39, 0.29) is 12.1 Å². The van der Waals surface area contributed by atoms with Gasteiger partial charge in [0.1, 0.15) is 29.1 Å². The van der Waals surface area contributed by atoms with Crippen LogP contribution in [-0.2, 0) is 13.0 Å². The van der Waals surface area contributed by atoms with E-state index in [4.69, 9.17) is 5.73 Å². The second kappa shape index (κ2) is 6.27. The number of nitrogen functional groups attached to an aromatic ring is 1. The molecule has 0 bridgehead atoms. The molecule has 0 amide bonds. The van der Waals surface area contributed by atoms with Crippen LogP contribution >= 0.6 is 0 Å². The molecule has 2 aromatic rings. The van der Waals surface area contributed by atoms with Gasteiger partial charge in [0.15, 0.2) is 0 Å². The zero-order valence-corrected chi connectivity index (χ0v) is 11.2. The van der Waals surface area contributed by atoms with E-state index in [9.17, 15) is 8.78 Å². The van der Waals surface area contributed by atoms with Crippen molar-refractivity contribution in [2.45, 2.75) is 26.3 Å². The van der Waals surface area contributed by atoms with Gasteiger partial charge >= 0.3 is 0 Å². The topological polar surface area (TPSA) is 63.8 Å². The second-order valence-corrected chi connectivity index (χ2v) is 4.43. The molecule has 0 spiro atoms. The first kappa shape index (κ1) is 14.2. The fourth-order valence-electron chi connectivity index (χ4n) is 1.81. The van der Waals surface area contributed by atoms with Crippen LogP contribution in [0.25, 0.3) is 0 Å². The van der Waals surface area contributed by atoms with Crippen molar-refractivity contribution in [3.8, 4) is 0 Å². The number of nitrogens with two attached hydrogens (primary N) is 1. The molecule has 0 aliphatic rings. The third-order valence-corrected chi connectivity index (χ3v) is 2.73. The summed E-state index contributed by atoms with van der Waals surface area (Å²) < 4.78 is 26.5. The molecule has 0 radical (unpaired) electrons. The molecule has 0 fully saturated rings. The van der Waals surface area contributed by atoms with Crippen LogP contribution in [0.5, 0.6) is 0 Å². The van der Waals surface area contributed by atoms with E-state index in [1.54, 1.807) is 6.07 Å². The molecule has 0 aliphatic carbocycles. The van der Waals surface area contributed by atoms with Crippen LogP contribution in [0.3, 0.4) is 0 Å². The van der Waals surface area contributed by atoms with Crippen LogP contribution in [0.4, 0.5) is 20.4 Å². The second-order valence-electron chi connectivity index (χ2n) is 4.43. The summed E-state index contributed by atoms with van der Waals surface area (Å²) >= 11 is 0. The average Bonchev–Trinajstić information content (AvgIpc) is 2.40. The van der Waals surface area contributed by atoms with Crippen LogP contribution in [0.15, 0.2) is 24.3 Å². The van der Waals surface area contributed by atoms with Crippen LogP contribution < -0.4 is 11.1 Å². The number of hydrogen-bond acceptors (Lipinski definition) is 4. The maximum Gasteiger partial charge on any atom is 0.133 e. The normalized spacial score (nSPS) is 10.6. The summed E-state index contributed by atoms with van der Waals surface area (Å²) in [6.07, 6.45) is 1.62. The van der Waals surface area contributed by atoms with Gasteiger partial charge in [-0.1, -0.05) is 6.92 Å². The number of halogens is 2. The lowest BCUT2D eigenvalue weighted by atomic mass is 10.2. The third kappa shape index (κ3) is 3.63. The van der Waals surface area contributed by atoms with E-state index in [0.717, 1.165) is 24.6 Å². The zero-order valence-electron chi connectivity index (χ0n) is 11.2. The summed E-state index contributed by atoms with van der Waals surface area (Å²) in [7, 11) is 0. The number of nitrogens with zero attached hydrogens (tertiary/aromatic N) is 2. The Morgan fingerprint density at radius 2 is 2.00 bits per heavy atom. The van der Waals surface area contributed by atoms with Crippen molar-refractivity contribution >= 4 is 11.6 Å². The fraction of sp³-hybridized carbons (Fsp3) is 0.286. The van der Waals surface area contributed by atoms with Crippen molar-refractivity contribution in [3.05, 3.63) is 47.3 Å². The fourth-order valence-corrected chi connectivity index (χ4v) is 1.81. The monoisotopic (exact) mass is 278 g/mol. The minimum absolute atomic E-state index is 0.131. The first-order valence-corrected chi connectivity index (χ1v) is 6.39. The molecule has 106 valence electrons. The Hall–Kier alpha value is -2.24. The number of rotatable bonds is 5. The Balaban J connectivity index is 2.12. The van der Waals surface area contributed by atoms with Gasteiger partial charge in [-0.3, -0.25) is 0 Å². The van der Waals surface area contributed by atoms with Crippen molar-refractivity contribution in [3.63, 3.8) is 0 Å². The maximum absolute atomic E-state index is 13.5. The van der Waals surface area contributed by atoms with Crippen molar-refractivity contribution < 1.29 is 8.78 Å². The van der Waals surface area contributed by atoms with Gasteiger partial charge in [-0.15, -0.1) is 0 Å². The molecule has 0 aliphatic heterocycles. The Morgan fingerprint density at radius 3 is 2.75 bits per heavy atom. The average molecular weight is 278 g/mol. The Kier molecular flexibility index (Phi) is 4.45. The molecule has 0 unspecified atom stereocenters. The van der Waals surface area contributed by atoms with Crippen molar-refractivity contribution in [2.75, 3.05) is 11.1 Å². The molecule has 1 heterocycles. The van der Waals surface area contributed by atoms with Gasteiger partial charge in [0.25, 0.3) is 0 Å². The van der Waals surface area contributed by atoms with E-state index in [1.807, 2.05) is 6.92 Å². The quantitative estimate of drug-likeness (QED) is 0.882. The van der Waals surface area contributed by atoms with Gasteiger partial charge in [-0.25, -0.2) is 18.7 Å². The molecule has 6 heteroatoms. The molecule has 1 aromatic heterocycles. The summed E-state index contributed by atoms with van der Waals surface area (Å²) in [4.78, 5) is 8.37. The first-order valence-electron chi connectivity index (χ1n) is 6.39. The van der Waals surface area contributed by atoms with E-state index in [1.165, 1.54) is 0 Å². The van der Waals surface area contributed by atoms with Gasteiger partial charge in [0.2, 0.25) is 0 Å². The number of nitrogens with one attached hydrogen (secondary N) is 1. The number of aromatic nitrogens is 2. The molecule has 1 aromatic carbocycles. The maximum atomic E-state index is 13.5. The highest BCUT2D eigenvalue weighted by Crippen LogP contribution is 2.14. The van der Waals surface area contributed by atoms with Crippen LogP contribution in [0.1, 0.15) is 24.7 Å². The van der Waals surface area contributed by atoms with Crippen molar-refractivity contribution in [1.82, 2.24) is 9.97 Å². The van der Waals surface area contributed by atoms with Crippen LogP contribution in [0.2, 0.25) is 0 Å². The molecule has 0 saturated carbocycles. The number of anilines is 2. The minimum Gasteiger partial charge on any atom is -0.384 e. The zero-order chi connectivity index (χ0) is 14.5. The first-order chi connectivity index (χ1) is 9.58. The molecule has 2 rings (SSSR count). The number of aryl methyl sites for hydroxylation is 1. The van der Waals surface area contributed by atoms with Crippen molar-refractivity contribution in [2.24, 2.45) is 0 Å². The van der Waals surface area contributed by atoms with Crippen LogP contribution in [0, 0.1) is 11.6 Å². The molecule has 3 N–H and O–H groups in total. The predicted octanol–water partition coefficient (Wildman–Crippen LogP) is 2.90. The molecular weight excluding hydrogens is 262 g/mol. The predicted molar refractivity (Wildman–Crippen MR) is 74.1 cm³/mol. The number of hydrogen-bond donors (Lipinski definition) is 2. The van der Waals surface area contributed by atoms with Crippen LogP contribution in [-0.4, -0.2) is 9.97 Å². The molecule has 4 nitrogen and oxygen atoms in total. The number of benzene rings is 1. The van der Waals surface area contributed by atoms with Gasteiger partial charge < -0.3 is 11.1 Å². The summed E-state index contributed by atoms with van der Waals surface area (Å²) in [5.41, 5.74) is 5.92. The Morgan fingerprint density at radius 1 is 1.20 bits per heavy atom. The largest absolute Gasteiger partial charge is 0.384 e. The third-order valence-electron chi connectivity index (χ3n) is 2.73. The summed E-state index contributed by atoms with van der Waals surface area (Å²) in [6, 6.07) is 4.90. The lowest BCUT2D eigenvalue weighted by molar-refractivity contribution is 0.587. The molecule has 20 heavy (non-hydrogen) atoms. The van der Waals surface area contributed by atoms with Gasteiger partial charge in [0, 0.05) is 24.6 Å². The smallest absolute Gasteiger partial charge is 0.133 e. The Labute approximate surface area is 116 Å². The molecule has 0 atom stereocenters. The van der Waals surface area contributed by atoms with Gasteiger partial charge in [0.05, 0.1) is 0 Å². The summed E-state index contributed by atoms with van der Waals surface area (Å²) in [5.74, 6) is 0.553. The van der Waals surface area contributed by atoms with Crippen molar-refractivity contribution in [1.29, 1.82) is 0 Å². The van der Waals surface area contributed by atoms with E-state index >= 15 is 0 Å². The SMILES string of the molecule is CCCc1nc(N)cc(NCc2cc(F)ccc2F)n1. The molecular formula is C14H16F2N4. The van der Waals surface area contributed by atoms with Gasteiger partial charge in [-0.05, 0) is 24.6 Å². The van der Waals surface area contributed by atoms with Gasteiger partial charge in [-0.2, -0.15) is 0 Å². The summed E-state index contributed by atoms with van der Waals surface area (Å²) in [6.45, 7) is 2.15. The lowest BCUT2D eigenvalue weighted by Gasteiger charge is -2.09. The molecule has 0 saturated heterocycles. The highest BCUT2D eigenvalue weighted by atomic mass is 19.1. The lowest BCUT2D eigenvalue weighted by Crippen LogP contribution is -2.07. The Bertz CT molecular complexity index is 602. The van der Waals surface area contributed by atoms with E-state index in [0.29, 0.717) is 23.9 Å². The standard InChI is InChI=1S/C14H16F2N4/c1-2-3-13-19-12(17)7-14(20-13)18-8-9-6-10(15)4-5-11(9)16/h4-7H,2-3,8H2,1H3,(H3,17,18,19,20). The van der Waals surface area contributed by atoms with E-state index < -0.39 is 11.6 Å².